The van der Waals surface area contributed by atoms with E-state index < -0.39 is 21.5 Å². The summed E-state index contributed by atoms with van der Waals surface area (Å²) >= 11 is 0. The smallest absolute Gasteiger partial charge is 0.315 e. The van der Waals surface area contributed by atoms with Gasteiger partial charge in [-0.3, -0.25) is 9.59 Å². The summed E-state index contributed by atoms with van der Waals surface area (Å²) in [6.45, 7) is 0.264. The molecule has 3 aromatic rings. The summed E-state index contributed by atoms with van der Waals surface area (Å²) in [4.78, 5) is 28.2. The molecule has 2 N–H and O–H groups in total. The Labute approximate surface area is 178 Å². The molecule has 0 radical (unpaired) electrons. The van der Waals surface area contributed by atoms with Gasteiger partial charge in [0.15, 0.2) is 15.7 Å². The van der Waals surface area contributed by atoms with Crippen molar-refractivity contribution in [2.24, 2.45) is 0 Å². The number of hydrogen-bond donors (Lipinski definition) is 2. The van der Waals surface area contributed by atoms with Crippen LogP contribution in [0.4, 0.5) is 0 Å². The van der Waals surface area contributed by atoms with E-state index in [0.717, 1.165) is 0 Å². The summed E-state index contributed by atoms with van der Waals surface area (Å²) in [6.07, 6.45) is 0. The average Bonchev–Trinajstić information content (AvgIpc) is 3.25. The molecule has 0 spiro atoms. The van der Waals surface area contributed by atoms with Crippen LogP contribution in [-0.2, 0) is 15.6 Å². The molecule has 0 bridgehead atoms. The molecule has 31 heavy (non-hydrogen) atoms. The highest BCUT2D eigenvalue weighted by molar-refractivity contribution is 7.90. The van der Waals surface area contributed by atoms with E-state index in [2.05, 4.69) is 20.8 Å². The lowest BCUT2D eigenvalue weighted by molar-refractivity contribution is 0.0898. The van der Waals surface area contributed by atoms with Gasteiger partial charge in [0, 0.05) is 18.7 Å². The Morgan fingerprint density at radius 2 is 1.71 bits per heavy atom. The normalized spacial score (nSPS) is 11.0. The first kappa shape index (κ1) is 22.0. The van der Waals surface area contributed by atoms with E-state index in [1.165, 1.54) is 19.2 Å². The van der Waals surface area contributed by atoms with Crippen molar-refractivity contribution in [1.29, 1.82) is 0 Å². The van der Waals surface area contributed by atoms with Gasteiger partial charge in [-0.25, -0.2) is 8.42 Å². The van der Waals surface area contributed by atoms with Gasteiger partial charge in [0.25, 0.3) is 5.91 Å². The molecule has 10 nitrogen and oxygen atoms in total. The first-order valence-corrected chi connectivity index (χ1v) is 10.8. The van der Waals surface area contributed by atoms with Crippen LogP contribution in [0.5, 0.6) is 5.75 Å². The quantitative estimate of drug-likeness (QED) is 0.469. The summed E-state index contributed by atoms with van der Waals surface area (Å²) in [7, 11) is -2.15. The summed E-state index contributed by atoms with van der Waals surface area (Å²) in [5, 5.41) is 8.72. The lowest BCUT2D eigenvalue weighted by Gasteiger charge is -2.07. The summed E-state index contributed by atoms with van der Waals surface area (Å²) in [6, 6.07) is 14.5. The zero-order valence-corrected chi connectivity index (χ0v) is 17.4. The predicted molar refractivity (Wildman–Crippen MR) is 109 cm³/mol. The van der Waals surface area contributed by atoms with Gasteiger partial charge in [0.05, 0.1) is 12.0 Å². The van der Waals surface area contributed by atoms with Crippen LogP contribution in [0.2, 0.25) is 0 Å². The topological polar surface area (TPSA) is 140 Å². The van der Waals surface area contributed by atoms with Gasteiger partial charge in [-0.2, -0.15) is 4.98 Å². The van der Waals surface area contributed by atoms with Crippen molar-refractivity contribution in [2.75, 3.05) is 20.2 Å². The molecular formula is C20H20N4O6S. The number of methoxy groups -OCH3 is 1. The van der Waals surface area contributed by atoms with Gasteiger partial charge in [-0.1, -0.05) is 29.4 Å². The molecule has 0 saturated carbocycles. The van der Waals surface area contributed by atoms with Crippen LogP contribution in [0.1, 0.15) is 26.9 Å². The molecule has 1 aromatic heterocycles. The van der Waals surface area contributed by atoms with Crippen molar-refractivity contribution in [3.63, 3.8) is 0 Å². The van der Waals surface area contributed by atoms with Crippen LogP contribution in [0.15, 0.2) is 64.0 Å². The summed E-state index contributed by atoms with van der Waals surface area (Å²) < 4.78 is 34.6. The largest absolute Gasteiger partial charge is 0.497 e. The van der Waals surface area contributed by atoms with Crippen molar-refractivity contribution >= 4 is 21.7 Å². The monoisotopic (exact) mass is 444 g/mol. The third-order valence-corrected chi connectivity index (χ3v) is 5.74. The summed E-state index contributed by atoms with van der Waals surface area (Å²) in [5.41, 5.74) is 0.423. The molecule has 2 amide bonds. The number of amides is 2. The molecule has 11 heteroatoms. The second-order valence-corrected chi connectivity index (χ2v) is 8.32. The number of carbonyl (C=O) groups is 2. The third kappa shape index (κ3) is 5.89. The van der Waals surface area contributed by atoms with E-state index in [4.69, 9.17) is 9.26 Å². The molecule has 0 fully saturated rings. The van der Waals surface area contributed by atoms with E-state index >= 15 is 0 Å². The van der Waals surface area contributed by atoms with Crippen LogP contribution in [0.25, 0.3) is 0 Å². The van der Waals surface area contributed by atoms with Crippen molar-refractivity contribution in [1.82, 2.24) is 20.8 Å². The molecule has 0 aliphatic carbocycles. The minimum absolute atomic E-state index is 0.106. The van der Waals surface area contributed by atoms with E-state index in [0.29, 0.717) is 11.3 Å². The Kier molecular flexibility index (Phi) is 6.98. The number of aromatic nitrogens is 2. The van der Waals surface area contributed by atoms with Gasteiger partial charge in [-0.05, 0) is 30.3 Å². The zero-order valence-electron chi connectivity index (χ0n) is 16.6. The Hall–Kier alpha value is -3.73. The second kappa shape index (κ2) is 9.85. The Bertz CT molecular complexity index is 1160. The number of nitrogens with one attached hydrogen (secondary N) is 2. The standard InChI is InChI=1S/C20H20N4O6S/c1-29-15-7-5-6-14(12-15)18(25)21-10-11-22-19(26)20-23-17(24-30-20)13-31(27,28)16-8-3-2-4-9-16/h2-9,12H,10-11,13H2,1H3,(H,21,25)(H,22,26). The molecule has 0 saturated heterocycles. The van der Waals surface area contributed by atoms with E-state index in [-0.39, 0.29) is 35.6 Å². The third-order valence-electron chi connectivity index (χ3n) is 4.11. The van der Waals surface area contributed by atoms with Crippen LogP contribution in [0.3, 0.4) is 0 Å². The van der Waals surface area contributed by atoms with Crippen molar-refractivity contribution < 1.29 is 27.3 Å². The molecule has 0 aliphatic rings. The highest BCUT2D eigenvalue weighted by Gasteiger charge is 2.21. The number of carbonyl (C=O) groups excluding carboxylic acids is 2. The second-order valence-electron chi connectivity index (χ2n) is 6.33. The molecule has 2 aromatic carbocycles. The van der Waals surface area contributed by atoms with Crippen molar-refractivity contribution in [2.45, 2.75) is 10.6 Å². The Morgan fingerprint density at radius 1 is 1.00 bits per heavy atom. The minimum Gasteiger partial charge on any atom is -0.497 e. The molecular weight excluding hydrogens is 424 g/mol. The molecule has 0 unspecified atom stereocenters. The number of nitrogens with zero attached hydrogens (tertiary/aromatic N) is 2. The van der Waals surface area contributed by atoms with Gasteiger partial charge in [0.2, 0.25) is 0 Å². The van der Waals surface area contributed by atoms with Crippen LogP contribution in [0, 0.1) is 0 Å². The minimum atomic E-state index is -3.66. The van der Waals surface area contributed by atoms with Crippen LogP contribution >= 0.6 is 0 Å². The number of ether oxygens (including phenoxy) is 1. The van der Waals surface area contributed by atoms with Gasteiger partial charge in [-0.15, -0.1) is 0 Å². The fourth-order valence-corrected chi connectivity index (χ4v) is 3.78. The average molecular weight is 444 g/mol. The van der Waals surface area contributed by atoms with E-state index in [1.807, 2.05) is 0 Å². The fraction of sp³-hybridized carbons (Fsp3) is 0.200. The van der Waals surface area contributed by atoms with Gasteiger partial charge >= 0.3 is 11.8 Å². The Morgan fingerprint density at radius 3 is 2.42 bits per heavy atom. The molecule has 0 atom stereocenters. The molecule has 3 rings (SSSR count). The van der Waals surface area contributed by atoms with Crippen LogP contribution in [-0.4, -0.2) is 50.6 Å². The van der Waals surface area contributed by atoms with Crippen molar-refractivity contribution in [3.8, 4) is 5.75 Å². The lowest BCUT2D eigenvalue weighted by Crippen LogP contribution is -2.34. The molecule has 1 heterocycles. The highest BCUT2D eigenvalue weighted by Crippen LogP contribution is 2.14. The SMILES string of the molecule is COc1cccc(C(=O)NCCNC(=O)c2nc(CS(=O)(=O)c3ccccc3)no2)c1. The molecule has 162 valence electrons. The predicted octanol–water partition coefficient (Wildman–Crippen LogP) is 1.21. The van der Waals surface area contributed by atoms with Gasteiger partial charge in [0.1, 0.15) is 11.5 Å². The van der Waals surface area contributed by atoms with Gasteiger partial charge < -0.3 is 19.9 Å². The highest BCUT2D eigenvalue weighted by atomic mass is 32.2. The van der Waals surface area contributed by atoms with E-state index in [9.17, 15) is 18.0 Å². The first-order valence-electron chi connectivity index (χ1n) is 9.20. The number of benzene rings is 2. The van der Waals surface area contributed by atoms with Crippen molar-refractivity contribution in [3.05, 3.63) is 71.9 Å². The van der Waals surface area contributed by atoms with Crippen LogP contribution < -0.4 is 15.4 Å². The maximum Gasteiger partial charge on any atom is 0.315 e. The lowest BCUT2D eigenvalue weighted by atomic mass is 10.2. The summed E-state index contributed by atoms with van der Waals surface area (Å²) in [5.74, 6) is -1.42. The zero-order chi connectivity index (χ0) is 22.3. The fourth-order valence-electron chi connectivity index (χ4n) is 2.58. The Balaban J connectivity index is 1.48. The first-order chi connectivity index (χ1) is 14.9. The number of hydrogen-bond acceptors (Lipinski definition) is 8. The number of rotatable bonds is 9. The molecule has 0 aliphatic heterocycles. The number of sulfone groups is 1. The maximum atomic E-state index is 12.3. The maximum absolute atomic E-state index is 12.3. The van der Waals surface area contributed by atoms with E-state index in [1.54, 1.807) is 42.5 Å².